The van der Waals surface area contributed by atoms with Gasteiger partial charge in [0.25, 0.3) is 0 Å². The summed E-state index contributed by atoms with van der Waals surface area (Å²) in [5.74, 6) is 1.05. The second-order valence-electron chi connectivity index (χ2n) is 8.71. The molecule has 0 aromatic rings. The number of esters is 1. The molecule has 1 heterocycles. The molecule has 1 saturated heterocycles. The van der Waals surface area contributed by atoms with Crippen LogP contribution in [0.4, 0.5) is 0 Å². The van der Waals surface area contributed by atoms with Crippen LogP contribution in [-0.4, -0.2) is 25.2 Å². The second-order valence-corrected chi connectivity index (χ2v) is 8.71. The van der Waals surface area contributed by atoms with Gasteiger partial charge in [0.05, 0.1) is 5.41 Å². The van der Waals surface area contributed by atoms with E-state index in [4.69, 9.17) is 4.74 Å². The molecule has 3 heteroatoms. The first-order chi connectivity index (χ1) is 9.71. The normalized spacial score (nSPS) is 33.5. The van der Waals surface area contributed by atoms with Crippen LogP contribution in [0.15, 0.2) is 0 Å². The Kier molecular flexibility index (Phi) is 5.02. The maximum atomic E-state index is 12.7. The first kappa shape index (κ1) is 16.8. The zero-order valence-electron chi connectivity index (χ0n) is 14.5. The van der Waals surface area contributed by atoms with Crippen molar-refractivity contribution in [3.8, 4) is 0 Å². The monoisotopic (exact) mass is 295 g/mol. The molecule has 3 nitrogen and oxygen atoms in total. The summed E-state index contributed by atoms with van der Waals surface area (Å²) in [7, 11) is 0. The van der Waals surface area contributed by atoms with E-state index in [0.29, 0.717) is 17.3 Å². The van der Waals surface area contributed by atoms with Gasteiger partial charge in [-0.15, -0.1) is 0 Å². The minimum absolute atomic E-state index is 0.00565. The van der Waals surface area contributed by atoms with Crippen molar-refractivity contribution >= 4 is 5.97 Å². The molecule has 3 atom stereocenters. The third kappa shape index (κ3) is 4.21. The fourth-order valence-corrected chi connectivity index (χ4v) is 4.29. The first-order valence-electron chi connectivity index (χ1n) is 8.62. The van der Waals surface area contributed by atoms with Crippen molar-refractivity contribution < 1.29 is 9.53 Å². The van der Waals surface area contributed by atoms with Gasteiger partial charge >= 0.3 is 5.97 Å². The second kappa shape index (κ2) is 6.28. The highest BCUT2D eigenvalue weighted by Crippen LogP contribution is 2.41. The van der Waals surface area contributed by atoms with Crippen LogP contribution in [0.2, 0.25) is 0 Å². The molecule has 1 aliphatic carbocycles. The first-order valence-corrected chi connectivity index (χ1v) is 8.62. The number of ether oxygens (including phenoxy) is 1. The molecule has 2 aliphatic rings. The van der Waals surface area contributed by atoms with Crippen LogP contribution < -0.4 is 5.32 Å². The van der Waals surface area contributed by atoms with Crippen LogP contribution in [-0.2, 0) is 9.53 Å². The molecule has 1 aliphatic heterocycles. The van der Waals surface area contributed by atoms with E-state index in [-0.39, 0.29) is 17.5 Å². The lowest BCUT2D eigenvalue weighted by molar-refractivity contribution is -0.167. The van der Waals surface area contributed by atoms with Gasteiger partial charge in [-0.1, -0.05) is 20.8 Å². The predicted octanol–water partition coefficient (Wildman–Crippen LogP) is 3.77. The Hall–Kier alpha value is -0.570. The zero-order chi connectivity index (χ0) is 15.7. The number of hydrogen-bond donors (Lipinski definition) is 1. The van der Waals surface area contributed by atoms with E-state index in [1.165, 1.54) is 6.42 Å². The van der Waals surface area contributed by atoms with E-state index in [1.807, 2.05) is 0 Å². The lowest BCUT2D eigenvalue weighted by Gasteiger charge is -2.41. The molecule has 2 rings (SSSR count). The van der Waals surface area contributed by atoms with Gasteiger partial charge in [-0.3, -0.25) is 4.79 Å². The van der Waals surface area contributed by atoms with Gasteiger partial charge < -0.3 is 10.1 Å². The van der Waals surface area contributed by atoms with E-state index in [9.17, 15) is 4.79 Å². The maximum absolute atomic E-state index is 12.7. The lowest BCUT2D eigenvalue weighted by Crippen LogP contribution is -2.45. The maximum Gasteiger partial charge on any atom is 0.312 e. The predicted molar refractivity (Wildman–Crippen MR) is 86.1 cm³/mol. The van der Waals surface area contributed by atoms with E-state index in [1.54, 1.807) is 0 Å². The summed E-state index contributed by atoms with van der Waals surface area (Å²) in [6.07, 6.45) is 5.65. The molecule has 1 N–H and O–H groups in total. The van der Waals surface area contributed by atoms with Crippen LogP contribution >= 0.6 is 0 Å². The molecule has 0 radical (unpaired) electrons. The van der Waals surface area contributed by atoms with Crippen molar-refractivity contribution in [3.05, 3.63) is 0 Å². The SMILES string of the molecule is CC1CC(OC(=O)C(C)(C)C2CCCNC2)CC(C)(C)C1. The Labute approximate surface area is 130 Å². The Balaban J connectivity index is 1.96. The Morgan fingerprint density at radius 2 is 2.00 bits per heavy atom. The average Bonchev–Trinajstić information content (AvgIpc) is 2.37. The van der Waals surface area contributed by atoms with Gasteiger partial charge in [0.1, 0.15) is 6.10 Å². The van der Waals surface area contributed by atoms with E-state index < -0.39 is 0 Å². The lowest BCUT2D eigenvalue weighted by atomic mass is 9.71. The van der Waals surface area contributed by atoms with Crippen molar-refractivity contribution in [2.75, 3.05) is 13.1 Å². The standard InChI is InChI=1S/C18H33NO2/c1-13-9-15(11-17(2,3)10-13)21-16(20)18(4,5)14-7-6-8-19-12-14/h13-15,19H,6-12H2,1-5H3. The largest absolute Gasteiger partial charge is 0.462 e. The molecule has 21 heavy (non-hydrogen) atoms. The molecular formula is C18H33NO2. The van der Waals surface area contributed by atoms with Gasteiger partial charge in [0.2, 0.25) is 0 Å². The summed E-state index contributed by atoms with van der Waals surface area (Å²) in [6.45, 7) is 13.0. The molecule has 0 amide bonds. The average molecular weight is 295 g/mol. The summed E-state index contributed by atoms with van der Waals surface area (Å²) in [4.78, 5) is 12.7. The number of hydrogen-bond acceptors (Lipinski definition) is 3. The van der Waals surface area contributed by atoms with Gasteiger partial charge in [0.15, 0.2) is 0 Å². The van der Waals surface area contributed by atoms with Crippen molar-refractivity contribution in [2.45, 2.75) is 72.8 Å². The Morgan fingerprint density at radius 1 is 1.29 bits per heavy atom. The molecular weight excluding hydrogens is 262 g/mol. The fraction of sp³-hybridized carbons (Fsp3) is 0.944. The van der Waals surface area contributed by atoms with Crippen molar-refractivity contribution in [1.29, 1.82) is 0 Å². The highest BCUT2D eigenvalue weighted by molar-refractivity contribution is 5.76. The Bertz CT molecular complexity index is 369. The van der Waals surface area contributed by atoms with Crippen LogP contribution in [0, 0.1) is 22.7 Å². The number of piperidine rings is 1. The molecule has 2 fully saturated rings. The third-order valence-corrected chi connectivity index (χ3v) is 5.46. The Morgan fingerprint density at radius 3 is 2.57 bits per heavy atom. The fourth-order valence-electron chi connectivity index (χ4n) is 4.29. The van der Waals surface area contributed by atoms with Gasteiger partial charge in [-0.05, 0) is 76.3 Å². The number of carbonyl (C=O) groups excluding carboxylic acids is 1. The summed E-state index contributed by atoms with van der Waals surface area (Å²) >= 11 is 0. The summed E-state index contributed by atoms with van der Waals surface area (Å²) in [6, 6.07) is 0. The van der Waals surface area contributed by atoms with Crippen LogP contribution in [0.25, 0.3) is 0 Å². The molecule has 0 bridgehead atoms. The molecule has 0 spiro atoms. The number of carbonyl (C=O) groups is 1. The number of nitrogens with one attached hydrogen (secondary N) is 1. The minimum atomic E-state index is -0.377. The molecule has 0 aromatic carbocycles. The van der Waals surface area contributed by atoms with E-state index in [0.717, 1.165) is 38.8 Å². The summed E-state index contributed by atoms with van der Waals surface area (Å²) in [5, 5.41) is 3.41. The molecule has 3 unspecified atom stereocenters. The zero-order valence-corrected chi connectivity index (χ0v) is 14.5. The van der Waals surface area contributed by atoms with Crippen LogP contribution in [0.1, 0.15) is 66.7 Å². The highest BCUT2D eigenvalue weighted by Gasteiger charge is 2.41. The minimum Gasteiger partial charge on any atom is -0.462 e. The topological polar surface area (TPSA) is 38.3 Å². The van der Waals surface area contributed by atoms with Gasteiger partial charge in [0, 0.05) is 0 Å². The summed E-state index contributed by atoms with van der Waals surface area (Å²) < 4.78 is 5.95. The summed E-state index contributed by atoms with van der Waals surface area (Å²) in [5.41, 5.74) is -0.0859. The van der Waals surface area contributed by atoms with Crippen LogP contribution in [0.5, 0.6) is 0 Å². The van der Waals surface area contributed by atoms with E-state index >= 15 is 0 Å². The van der Waals surface area contributed by atoms with Gasteiger partial charge in [-0.25, -0.2) is 0 Å². The van der Waals surface area contributed by atoms with Crippen molar-refractivity contribution in [2.24, 2.45) is 22.7 Å². The van der Waals surface area contributed by atoms with Crippen molar-refractivity contribution in [1.82, 2.24) is 5.32 Å². The molecule has 0 aromatic heterocycles. The third-order valence-electron chi connectivity index (χ3n) is 5.46. The number of rotatable bonds is 3. The van der Waals surface area contributed by atoms with Crippen LogP contribution in [0.3, 0.4) is 0 Å². The molecule has 1 saturated carbocycles. The smallest absolute Gasteiger partial charge is 0.312 e. The van der Waals surface area contributed by atoms with Crippen molar-refractivity contribution in [3.63, 3.8) is 0 Å². The quantitative estimate of drug-likeness (QED) is 0.805. The highest BCUT2D eigenvalue weighted by atomic mass is 16.5. The van der Waals surface area contributed by atoms with Gasteiger partial charge in [-0.2, -0.15) is 0 Å². The molecule has 122 valence electrons. The van der Waals surface area contributed by atoms with E-state index in [2.05, 4.69) is 39.9 Å².